The van der Waals surface area contributed by atoms with Gasteiger partial charge in [-0.1, -0.05) is 13.0 Å². The number of aliphatic hydroxyl groups excluding tert-OH is 1. The lowest BCUT2D eigenvalue weighted by Gasteiger charge is -2.12. The SMILES string of the molecule is CC(O)C(C)SCc1coc(-c2cccs2)n1. The van der Waals surface area contributed by atoms with Gasteiger partial charge in [0.2, 0.25) is 5.89 Å². The Hall–Kier alpha value is -0.780. The number of thiophene rings is 1. The third-order valence-electron chi connectivity index (χ3n) is 2.46. The molecule has 0 saturated heterocycles. The fraction of sp³-hybridized carbons (Fsp3) is 0.417. The van der Waals surface area contributed by atoms with E-state index in [1.54, 1.807) is 36.3 Å². The standard InChI is InChI=1S/C12H15NO2S2/c1-8(14)9(2)17-7-10-6-15-12(13-10)11-4-3-5-16-11/h3-6,8-9,14H,7H2,1-2H3. The summed E-state index contributed by atoms with van der Waals surface area (Å²) in [5.74, 6) is 1.45. The van der Waals surface area contributed by atoms with Crippen molar-refractivity contribution < 1.29 is 9.52 Å². The molecule has 2 atom stereocenters. The van der Waals surface area contributed by atoms with Crippen LogP contribution in [0.4, 0.5) is 0 Å². The van der Waals surface area contributed by atoms with E-state index < -0.39 is 0 Å². The minimum absolute atomic E-state index is 0.205. The molecule has 2 heterocycles. The van der Waals surface area contributed by atoms with Crippen LogP contribution >= 0.6 is 23.1 Å². The minimum Gasteiger partial charge on any atom is -0.444 e. The van der Waals surface area contributed by atoms with E-state index in [0.29, 0.717) is 5.89 Å². The van der Waals surface area contributed by atoms with Gasteiger partial charge in [0.25, 0.3) is 0 Å². The Labute approximate surface area is 109 Å². The van der Waals surface area contributed by atoms with E-state index in [1.807, 2.05) is 24.4 Å². The van der Waals surface area contributed by atoms with Crippen LogP contribution in [-0.2, 0) is 5.75 Å². The maximum atomic E-state index is 9.39. The van der Waals surface area contributed by atoms with Crippen LogP contribution < -0.4 is 0 Å². The molecule has 2 unspecified atom stereocenters. The van der Waals surface area contributed by atoms with Crippen molar-refractivity contribution in [2.24, 2.45) is 0 Å². The van der Waals surface area contributed by atoms with E-state index in [2.05, 4.69) is 4.98 Å². The van der Waals surface area contributed by atoms with Crippen molar-refractivity contribution in [1.82, 2.24) is 4.98 Å². The van der Waals surface area contributed by atoms with Crippen molar-refractivity contribution in [2.45, 2.75) is 31.0 Å². The third-order valence-corrected chi connectivity index (χ3v) is 4.70. The molecular formula is C12H15NO2S2. The van der Waals surface area contributed by atoms with Crippen molar-refractivity contribution in [1.29, 1.82) is 0 Å². The fourth-order valence-electron chi connectivity index (χ4n) is 1.24. The van der Waals surface area contributed by atoms with Crippen LogP contribution in [0.15, 0.2) is 28.2 Å². The van der Waals surface area contributed by atoms with Crippen molar-refractivity contribution in [3.63, 3.8) is 0 Å². The predicted molar refractivity (Wildman–Crippen MR) is 72.3 cm³/mol. The lowest BCUT2D eigenvalue weighted by Crippen LogP contribution is -2.15. The molecular weight excluding hydrogens is 254 g/mol. The molecule has 2 rings (SSSR count). The zero-order valence-corrected chi connectivity index (χ0v) is 11.4. The summed E-state index contributed by atoms with van der Waals surface area (Å²) in [6.45, 7) is 3.81. The smallest absolute Gasteiger partial charge is 0.236 e. The molecule has 1 N–H and O–H groups in total. The van der Waals surface area contributed by atoms with Gasteiger partial charge in [-0.15, -0.1) is 23.1 Å². The highest BCUT2D eigenvalue weighted by atomic mass is 32.2. The Morgan fingerprint density at radius 3 is 3.00 bits per heavy atom. The highest BCUT2D eigenvalue weighted by Gasteiger charge is 2.12. The average molecular weight is 269 g/mol. The molecule has 0 amide bonds. The second-order valence-electron chi connectivity index (χ2n) is 3.88. The number of hydrogen-bond acceptors (Lipinski definition) is 5. The number of hydrogen-bond donors (Lipinski definition) is 1. The molecule has 0 radical (unpaired) electrons. The monoisotopic (exact) mass is 269 g/mol. The summed E-state index contributed by atoms with van der Waals surface area (Å²) in [4.78, 5) is 5.47. The van der Waals surface area contributed by atoms with Crippen LogP contribution in [0.3, 0.4) is 0 Å². The molecule has 0 bridgehead atoms. The minimum atomic E-state index is -0.302. The van der Waals surface area contributed by atoms with E-state index in [1.165, 1.54) is 0 Å². The Morgan fingerprint density at radius 1 is 1.53 bits per heavy atom. The van der Waals surface area contributed by atoms with E-state index >= 15 is 0 Å². The van der Waals surface area contributed by atoms with Gasteiger partial charge in [0.05, 0.1) is 16.7 Å². The maximum Gasteiger partial charge on any atom is 0.236 e. The molecule has 0 fully saturated rings. The zero-order chi connectivity index (χ0) is 12.3. The van der Waals surface area contributed by atoms with Crippen molar-refractivity contribution in [2.75, 3.05) is 0 Å². The van der Waals surface area contributed by atoms with Gasteiger partial charge in [-0.3, -0.25) is 0 Å². The van der Waals surface area contributed by atoms with Gasteiger partial charge in [-0.05, 0) is 18.4 Å². The molecule has 0 aliphatic rings. The number of aromatic nitrogens is 1. The summed E-state index contributed by atoms with van der Waals surface area (Å²) in [6.07, 6.45) is 1.39. The molecule has 0 aromatic carbocycles. The first-order valence-electron chi connectivity index (χ1n) is 5.45. The van der Waals surface area contributed by atoms with Gasteiger partial charge in [0.15, 0.2) is 0 Å². The van der Waals surface area contributed by atoms with Gasteiger partial charge in [-0.25, -0.2) is 4.98 Å². The van der Waals surface area contributed by atoms with E-state index in [9.17, 15) is 5.11 Å². The van der Waals surface area contributed by atoms with Crippen molar-refractivity contribution >= 4 is 23.1 Å². The molecule has 92 valence electrons. The summed E-state index contributed by atoms with van der Waals surface area (Å²) < 4.78 is 5.43. The van der Waals surface area contributed by atoms with Crippen LogP contribution in [0.2, 0.25) is 0 Å². The number of rotatable bonds is 5. The molecule has 2 aromatic heterocycles. The molecule has 5 heteroatoms. The average Bonchev–Trinajstić information content (AvgIpc) is 2.95. The van der Waals surface area contributed by atoms with Crippen molar-refractivity contribution in [3.05, 3.63) is 29.5 Å². The number of nitrogens with zero attached hydrogens (tertiary/aromatic N) is 1. The quantitative estimate of drug-likeness (QED) is 0.903. The Bertz CT molecular complexity index is 451. The largest absolute Gasteiger partial charge is 0.444 e. The molecule has 3 nitrogen and oxygen atoms in total. The summed E-state index contributed by atoms with van der Waals surface area (Å²) in [6, 6.07) is 3.97. The second kappa shape index (κ2) is 5.71. The Morgan fingerprint density at radius 2 is 2.35 bits per heavy atom. The van der Waals surface area contributed by atoms with Crippen LogP contribution in [0, 0.1) is 0 Å². The first-order valence-corrected chi connectivity index (χ1v) is 7.37. The van der Waals surface area contributed by atoms with Crippen LogP contribution in [0.1, 0.15) is 19.5 Å². The van der Waals surface area contributed by atoms with Gasteiger partial charge in [-0.2, -0.15) is 0 Å². The van der Waals surface area contributed by atoms with E-state index in [0.717, 1.165) is 16.3 Å². The topological polar surface area (TPSA) is 46.3 Å². The summed E-state index contributed by atoms with van der Waals surface area (Å²) in [5.41, 5.74) is 0.922. The normalized spacial score (nSPS) is 14.8. The highest BCUT2D eigenvalue weighted by molar-refractivity contribution is 7.99. The van der Waals surface area contributed by atoms with Gasteiger partial charge < -0.3 is 9.52 Å². The van der Waals surface area contributed by atoms with E-state index in [-0.39, 0.29) is 11.4 Å². The Balaban J connectivity index is 1.95. The second-order valence-corrected chi connectivity index (χ2v) is 6.19. The molecule has 0 aliphatic heterocycles. The zero-order valence-electron chi connectivity index (χ0n) is 9.79. The summed E-state index contributed by atoms with van der Waals surface area (Å²) >= 11 is 3.29. The highest BCUT2D eigenvalue weighted by Crippen LogP contribution is 2.26. The molecule has 0 aliphatic carbocycles. The third kappa shape index (κ3) is 3.34. The first kappa shape index (κ1) is 12.7. The maximum absolute atomic E-state index is 9.39. The molecule has 2 aromatic rings. The first-order chi connectivity index (χ1) is 8.16. The number of aliphatic hydroxyl groups is 1. The molecule has 0 spiro atoms. The predicted octanol–water partition coefficient (Wildman–Crippen LogP) is 3.41. The number of oxazole rings is 1. The fourth-order valence-corrected chi connectivity index (χ4v) is 2.74. The van der Waals surface area contributed by atoms with Crippen molar-refractivity contribution in [3.8, 4) is 10.8 Å². The lowest BCUT2D eigenvalue weighted by molar-refractivity contribution is 0.196. The molecule has 0 saturated carbocycles. The number of thioether (sulfide) groups is 1. The van der Waals surface area contributed by atoms with Crippen LogP contribution in [-0.4, -0.2) is 21.4 Å². The van der Waals surface area contributed by atoms with Crippen LogP contribution in [0.25, 0.3) is 10.8 Å². The Kier molecular flexibility index (Phi) is 4.25. The summed E-state index contributed by atoms with van der Waals surface area (Å²) in [5, 5.41) is 11.6. The summed E-state index contributed by atoms with van der Waals surface area (Å²) in [7, 11) is 0. The molecule has 17 heavy (non-hydrogen) atoms. The van der Waals surface area contributed by atoms with Gasteiger partial charge >= 0.3 is 0 Å². The van der Waals surface area contributed by atoms with Crippen LogP contribution in [0.5, 0.6) is 0 Å². The van der Waals surface area contributed by atoms with Gasteiger partial charge in [0.1, 0.15) is 6.26 Å². The van der Waals surface area contributed by atoms with Gasteiger partial charge in [0, 0.05) is 11.0 Å². The lowest BCUT2D eigenvalue weighted by atomic mass is 10.3. The van der Waals surface area contributed by atoms with E-state index in [4.69, 9.17) is 4.42 Å².